The Hall–Kier alpha value is -2.57. The highest BCUT2D eigenvalue weighted by Gasteiger charge is 2.19. The van der Waals surface area contributed by atoms with Crippen molar-refractivity contribution in [2.45, 2.75) is 26.3 Å². The number of carbonyl (C=O) groups excluding carboxylic acids is 2. The van der Waals surface area contributed by atoms with Gasteiger partial charge in [0.2, 0.25) is 5.91 Å². The molecule has 7 heteroatoms. The van der Waals surface area contributed by atoms with E-state index in [0.29, 0.717) is 17.1 Å². The van der Waals surface area contributed by atoms with E-state index in [2.05, 4.69) is 16.0 Å². The van der Waals surface area contributed by atoms with Crippen molar-refractivity contribution in [3.63, 3.8) is 0 Å². The number of hydrogen-bond acceptors (Lipinski definition) is 3. The molecule has 0 fully saturated rings. The molecule has 0 radical (unpaired) electrons. The van der Waals surface area contributed by atoms with Crippen LogP contribution < -0.4 is 21.7 Å². The molecular weight excluding hydrogens is 352 g/mol. The van der Waals surface area contributed by atoms with Gasteiger partial charge in [0.15, 0.2) is 0 Å². The fraction of sp³-hybridized carbons (Fsp3) is 0.263. The standard InChI is InChI=1S/C19H24N4O2.ClH/c1-3-13(2)17(20)18(24)21-15-9-11-16(12-10-15)23-19(25)22-14-7-5-4-6-8-14;/h4-13,17H,3,20H2,1-2H3,(H,21,24)(H2,22,23,25);1H. The Labute approximate surface area is 160 Å². The van der Waals surface area contributed by atoms with Crippen LogP contribution >= 0.6 is 12.4 Å². The van der Waals surface area contributed by atoms with Gasteiger partial charge in [-0.1, -0.05) is 38.5 Å². The van der Waals surface area contributed by atoms with Crippen LogP contribution in [0.2, 0.25) is 0 Å². The molecule has 0 bridgehead atoms. The van der Waals surface area contributed by atoms with Crippen molar-refractivity contribution in [3.8, 4) is 0 Å². The molecule has 0 saturated heterocycles. The lowest BCUT2D eigenvalue weighted by molar-refractivity contribution is -0.118. The smallest absolute Gasteiger partial charge is 0.323 e. The summed E-state index contributed by atoms with van der Waals surface area (Å²) >= 11 is 0. The SMILES string of the molecule is CCC(C)C(N)C(=O)Nc1ccc(NC(=O)Nc2ccccc2)cc1.Cl. The van der Waals surface area contributed by atoms with E-state index in [1.54, 1.807) is 36.4 Å². The van der Waals surface area contributed by atoms with Crippen molar-refractivity contribution in [3.05, 3.63) is 54.6 Å². The highest BCUT2D eigenvalue weighted by atomic mass is 35.5. The molecule has 0 heterocycles. The number of nitrogens with two attached hydrogens (primary N) is 1. The number of para-hydroxylation sites is 1. The largest absolute Gasteiger partial charge is 0.325 e. The third kappa shape index (κ3) is 6.38. The summed E-state index contributed by atoms with van der Waals surface area (Å²) in [7, 11) is 0. The first-order valence-electron chi connectivity index (χ1n) is 8.29. The van der Waals surface area contributed by atoms with Gasteiger partial charge in [-0.25, -0.2) is 4.79 Å². The molecule has 0 aliphatic rings. The minimum Gasteiger partial charge on any atom is -0.325 e. The highest BCUT2D eigenvalue weighted by molar-refractivity contribution is 6.00. The van der Waals surface area contributed by atoms with Crippen LogP contribution in [-0.4, -0.2) is 18.0 Å². The van der Waals surface area contributed by atoms with Gasteiger partial charge in [-0.2, -0.15) is 0 Å². The molecule has 0 saturated carbocycles. The van der Waals surface area contributed by atoms with Crippen LogP contribution in [0.1, 0.15) is 20.3 Å². The van der Waals surface area contributed by atoms with Crippen molar-refractivity contribution < 1.29 is 9.59 Å². The number of benzene rings is 2. The summed E-state index contributed by atoms with van der Waals surface area (Å²) in [6.45, 7) is 3.95. The Bertz CT molecular complexity index is 707. The van der Waals surface area contributed by atoms with E-state index in [-0.39, 0.29) is 30.3 Å². The fourth-order valence-electron chi connectivity index (χ4n) is 2.19. The second-order valence-corrected chi connectivity index (χ2v) is 5.92. The van der Waals surface area contributed by atoms with Crippen LogP contribution in [0.25, 0.3) is 0 Å². The van der Waals surface area contributed by atoms with Crippen molar-refractivity contribution in [1.82, 2.24) is 0 Å². The maximum absolute atomic E-state index is 12.1. The summed E-state index contributed by atoms with van der Waals surface area (Å²) < 4.78 is 0. The zero-order valence-corrected chi connectivity index (χ0v) is 15.7. The average molecular weight is 377 g/mol. The second kappa shape index (κ2) is 10.4. The van der Waals surface area contributed by atoms with E-state index >= 15 is 0 Å². The molecule has 0 aromatic heterocycles. The predicted molar refractivity (Wildman–Crippen MR) is 109 cm³/mol. The number of urea groups is 1. The zero-order valence-electron chi connectivity index (χ0n) is 14.9. The number of rotatable bonds is 6. The van der Waals surface area contributed by atoms with Crippen LogP contribution in [0.15, 0.2) is 54.6 Å². The Morgan fingerprint density at radius 3 is 1.85 bits per heavy atom. The lowest BCUT2D eigenvalue weighted by Crippen LogP contribution is -2.40. The number of carbonyl (C=O) groups is 2. The minimum atomic E-state index is -0.542. The number of hydrogen-bond donors (Lipinski definition) is 4. The molecule has 2 aromatic rings. The lowest BCUT2D eigenvalue weighted by Gasteiger charge is -2.17. The Morgan fingerprint density at radius 1 is 0.885 bits per heavy atom. The highest BCUT2D eigenvalue weighted by Crippen LogP contribution is 2.15. The van der Waals surface area contributed by atoms with E-state index in [1.165, 1.54) is 0 Å². The molecule has 3 amide bonds. The molecule has 140 valence electrons. The number of anilines is 3. The maximum atomic E-state index is 12.1. The Balaban J connectivity index is 0.00000338. The maximum Gasteiger partial charge on any atom is 0.323 e. The molecule has 6 nitrogen and oxygen atoms in total. The molecule has 0 aliphatic carbocycles. The lowest BCUT2D eigenvalue weighted by atomic mass is 9.99. The summed E-state index contributed by atoms with van der Waals surface area (Å²) in [6.07, 6.45) is 0.841. The van der Waals surface area contributed by atoms with E-state index in [1.807, 2.05) is 32.0 Å². The van der Waals surface area contributed by atoms with Gasteiger partial charge >= 0.3 is 6.03 Å². The van der Waals surface area contributed by atoms with Crippen molar-refractivity contribution in [1.29, 1.82) is 0 Å². The number of amides is 3. The molecule has 5 N–H and O–H groups in total. The van der Waals surface area contributed by atoms with E-state index in [4.69, 9.17) is 5.73 Å². The first-order valence-corrected chi connectivity index (χ1v) is 8.29. The topological polar surface area (TPSA) is 96.2 Å². The number of halogens is 1. The van der Waals surface area contributed by atoms with Crippen LogP contribution in [-0.2, 0) is 4.79 Å². The van der Waals surface area contributed by atoms with E-state index in [9.17, 15) is 9.59 Å². The summed E-state index contributed by atoms with van der Waals surface area (Å²) in [5.41, 5.74) is 7.88. The number of nitrogens with one attached hydrogen (secondary N) is 3. The molecule has 2 atom stereocenters. The second-order valence-electron chi connectivity index (χ2n) is 5.92. The predicted octanol–water partition coefficient (Wildman–Crippen LogP) is 4.06. The van der Waals surface area contributed by atoms with Gasteiger partial charge < -0.3 is 21.7 Å². The van der Waals surface area contributed by atoms with Crippen molar-refractivity contribution >= 4 is 41.4 Å². The summed E-state index contributed by atoms with van der Waals surface area (Å²) in [5.74, 6) is -0.0977. The molecule has 2 aromatic carbocycles. The van der Waals surface area contributed by atoms with Gasteiger partial charge in [0.1, 0.15) is 0 Å². The average Bonchev–Trinajstić information content (AvgIpc) is 2.62. The van der Waals surface area contributed by atoms with Gasteiger partial charge in [-0.05, 0) is 42.3 Å². The molecule has 0 spiro atoms. The van der Waals surface area contributed by atoms with Crippen LogP contribution in [0.4, 0.5) is 21.9 Å². The molecular formula is C19H25ClN4O2. The summed E-state index contributed by atoms with van der Waals surface area (Å²) in [4.78, 5) is 24.0. The first-order chi connectivity index (χ1) is 12.0. The van der Waals surface area contributed by atoms with Crippen LogP contribution in [0.3, 0.4) is 0 Å². The third-order valence-corrected chi connectivity index (χ3v) is 4.00. The molecule has 2 rings (SSSR count). The van der Waals surface area contributed by atoms with Crippen molar-refractivity contribution in [2.75, 3.05) is 16.0 Å². The van der Waals surface area contributed by atoms with Gasteiger partial charge in [-0.3, -0.25) is 4.79 Å². The zero-order chi connectivity index (χ0) is 18.2. The molecule has 2 unspecified atom stereocenters. The van der Waals surface area contributed by atoms with Gasteiger partial charge in [-0.15, -0.1) is 12.4 Å². The molecule has 26 heavy (non-hydrogen) atoms. The Morgan fingerprint density at radius 2 is 1.35 bits per heavy atom. The first kappa shape index (κ1) is 21.5. The minimum absolute atomic E-state index is 0. The van der Waals surface area contributed by atoms with Gasteiger partial charge in [0.25, 0.3) is 0 Å². The van der Waals surface area contributed by atoms with E-state index in [0.717, 1.165) is 6.42 Å². The monoisotopic (exact) mass is 376 g/mol. The van der Waals surface area contributed by atoms with Crippen molar-refractivity contribution in [2.24, 2.45) is 11.7 Å². The summed E-state index contributed by atoms with van der Waals surface area (Å²) in [5, 5.41) is 8.25. The Kier molecular flexibility index (Phi) is 8.61. The van der Waals surface area contributed by atoms with Crippen LogP contribution in [0.5, 0.6) is 0 Å². The fourth-order valence-corrected chi connectivity index (χ4v) is 2.19. The normalized spacial score (nSPS) is 12.3. The van der Waals surface area contributed by atoms with Crippen LogP contribution in [0, 0.1) is 5.92 Å². The summed E-state index contributed by atoms with van der Waals surface area (Å²) in [6, 6.07) is 15.2. The van der Waals surface area contributed by atoms with E-state index < -0.39 is 6.04 Å². The molecule has 0 aliphatic heterocycles. The van der Waals surface area contributed by atoms with Gasteiger partial charge in [0.05, 0.1) is 6.04 Å². The van der Waals surface area contributed by atoms with Gasteiger partial charge in [0, 0.05) is 17.1 Å². The quantitative estimate of drug-likeness (QED) is 0.612. The third-order valence-electron chi connectivity index (χ3n) is 4.00.